The summed E-state index contributed by atoms with van der Waals surface area (Å²) in [5, 5.41) is 6.56. The lowest BCUT2D eigenvalue weighted by Gasteiger charge is -2.18. The summed E-state index contributed by atoms with van der Waals surface area (Å²) in [6.45, 7) is 8.14. The lowest BCUT2D eigenvalue weighted by atomic mass is 9.92. The summed E-state index contributed by atoms with van der Waals surface area (Å²) in [5.41, 5.74) is 1.57. The lowest BCUT2D eigenvalue weighted by molar-refractivity contribution is -0.118. The first-order chi connectivity index (χ1) is 15.7. The number of anilines is 2. The Morgan fingerprint density at radius 1 is 1.03 bits per heavy atom. The summed E-state index contributed by atoms with van der Waals surface area (Å²) in [7, 11) is 0. The van der Waals surface area contributed by atoms with Gasteiger partial charge in [0.2, 0.25) is 22.1 Å². The molecule has 3 rings (SSSR count). The van der Waals surface area contributed by atoms with E-state index in [9.17, 15) is 9.59 Å². The van der Waals surface area contributed by atoms with Crippen LogP contribution in [0.1, 0.15) is 44.9 Å². The van der Waals surface area contributed by atoms with Crippen molar-refractivity contribution < 1.29 is 9.59 Å². The van der Waals surface area contributed by atoms with Gasteiger partial charge in [-0.2, -0.15) is 9.36 Å². The van der Waals surface area contributed by atoms with Crippen molar-refractivity contribution in [2.24, 2.45) is 5.41 Å². The molecule has 0 aliphatic rings. The lowest BCUT2D eigenvalue weighted by Crippen LogP contribution is -2.19. The maximum absolute atomic E-state index is 13.2. The van der Waals surface area contributed by atoms with Gasteiger partial charge < -0.3 is 5.32 Å². The van der Waals surface area contributed by atoms with Crippen molar-refractivity contribution in [1.82, 2.24) is 9.36 Å². The van der Waals surface area contributed by atoms with Crippen molar-refractivity contribution in [3.8, 4) is 0 Å². The van der Waals surface area contributed by atoms with E-state index in [0.29, 0.717) is 16.7 Å². The number of rotatable bonds is 9. The number of carbonyl (C=O) groups excluding carboxylic acids is 2. The van der Waals surface area contributed by atoms with Crippen LogP contribution in [-0.2, 0) is 9.59 Å². The van der Waals surface area contributed by atoms with E-state index in [0.717, 1.165) is 21.9 Å². The molecule has 6 nitrogen and oxygen atoms in total. The Hall–Kier alpha value is -2.36. The third-order valence-corrected chi connectivity index (χ3v) is 7.08. The fraction of sp³-hybridized carbons (Fsp3) is 0.333. The molecule has 2 amide bonds. The molecule has 1 unspecified atom stereocenters. The second kappa shape index (κ2) is 11.7. The van der Waals surface area contributed by atoms with Gasteiger partial charge in [0.15, 0.2) is 0 Å². The molecule has 1 atom stereocenters. The number of benzene rings is 2. The molecule has 1 heterocycles. The fourth-order valence-corrected chi connectivity index (χ4v) is 5.26. The molecule has 0 spiro atoms. The summed E-state index contributed by atoms with van der Waals surface area (Å²) in [4.78, 5) is 30.7. The van der Waals surface area contributed by atoms with Crippen LogP contribution in [-0.4, -0.2) is 26.9 Å². The molecule has 0 fully saturated rings. The van der Waals surface area contributed by atoms with Crippen molar-refractivity contribution in [1.29, 1.82) is 0 Å². The first-order valence-electron chi connectivity index (χ1n) is 10.6. The molecule has 0 bridgehead atoms. The number of nitrogens with zero attached hydrogens (tertiary/aromatic N) is 2. The van der Waals surface area contributed by atoms with Crippen LogP contribution in [0.15, 0.2) is 64.6 Å². The van der Waals surface area contributed by atoms with Crippen LogP contribution < -0.4 is 10.6 Å². The molecule has 9 heteroatoms. The third kappa shape index (κ3) is 8.17. The highest BCUT2D eigenvalue weighted by molar-refractivity contribution is 8.00. The molecular formula is C24H28N4O2S3. The summed E-state index contributed by atoms with van der Waals surface area (Å²) in [5.74, 6) is 0.708. The van der Waals surface area contributed by atoms with E-state index < -0.39 is 5.25 Å². The Kier molecular flexibility index (Phi) is 8.94. The summed E-state index contributed by atoms with van der Waals surface area (Å²) in [6, 6.07) is 17.2. The van der Waals surface area contributed by atoms with Crippen molar-refractivity contribution in [3.05, 3.63) is 60.2 Å². The van der Waals surface area contributed by atoms with Gasteiger partial charge in [0.25, 0.3) is 0 Å². The molecule has 0 aliphatic carbocycles. The molecule has 33 heavy (non-hydrogen) atoms. The highest BCUT2D eigenvalue weighted by Crippen LogP contribution is 2.37. The van der Waals surface area contributed by atoms with Gasteiger partial charge >= 0.3 is 0 Å². The second-order valence-corrected chi connectivity index (χ2v) is 11.7. The molecule has 2 aromatic carbocycles. The highest BCUT2D eigenvalue weighted by Gasteiger charge is 2.23. The molecule has 0 saturated heterocycles. The number of carbonyl (C=O) groups is 2. The maximum Gasteiger partial charge on any atom is 0.244 e. The number of hydrogen-bond donors (Lipinski definition) is 2. The molecule has 0 saturated carbocycles. The largest absolute Gasteiger partial charge is 0.326 e. The van der Waals surface area contributed by atoms with Crippen LogP contribution in [0.25, 0.3) is 0 Å². The van der Waals surface area contributed by atoms with Crippen LogP contribution in [0.5, 0.6) is 0 Å². The van der Waals surface area contributed by atoms with E-state index in [-0.39, 0.29) is 17.2 Å². The molecule has 1 aromatic heterocycles. The first kappa shape index (κ1) is 25.3. The quantitative estimate of drug-likeness (QED) is 0.326. The Morgan fingerprint density at radius 2 is 1.73 bits per heavy atom. The zero-order valence-electron chi connectivity index (χ0n) is 19.1. The number of amides is 2. The van der Waals surface area contributed by atoms with Crippen LogP contribution in [0, 0.1) is 5.41 Å². The van der Waals surface area contributed by atoms with Gasteiger partial charge in [-0.05, 0) is 41.0 Å². The monoisotopic (exact) mass is 500 g/mol. The zero-order chi connectivity index (χ0) is 23.8. The van der Waals surface area contributed by atoms with E-state index in [1.807, 2.05) is 82.3 Å². The second-order valence-electron chi connectivity index (χ2n) is 8.52. The van der Waals surface area contributed by atoms with Crippen molar-refractivity contribution in [3.63, 3.8) is 0 Å². The van der Waals surface area contributed by atoms with Crippen molar-refractivity contribution >= 4 is 57.7 Å². The summed E-state index contributed by atoms with van der Waals surface area (Å²) < 4.78 is 4.27. The molecule has 0 radical (unpaired) electrons. The van der Waals surface area contributed by atoms with E-state index in [4.69, 9.17) is 0 Å². The van der Waals surface area contributed by atoms with E-state index in [1.54, 1.807) is 11.8 Å². The SMILES string of the molecule is CCSc1nsc(NC(=O)C(Sc2ccc(NC(=O)CC(C)(C)C)cc2)c2ccccc2)n1. The zero-order valence-corrected chi connectivity index (χ0v) is 21.6. The minimum absolute atomic E-state index is 0.0119. The molecule has 2 N–H and O–H groups in total. The molecular weight excluding hydrogens is 472 g/mol. The van der Waals surface area contributed by atoms with Crippen LogP contribution in [0.3, 0.4) is 0 Å². The van der Waals surface area contributed by atoms with Gasteiger partial charge in [-0.3, -0.25) is 14.9 Å². The Balaban J connectivity index is 1.71. The predicted octanol–water partition coefficient (Wildman–Crippen LogP) is 6.50. The maximum atomic E-state index is 13.2. The summed E-state index contributed by atoms with van der Waals surface area (Å²) in [6.07, 6.45) is 0.448. The van der Waals surface area contributed by atoms with Crippen LogP contribution >= 0.6 is 35.1 Å². The summed E-state index contributed by atoms with van der Waals surface area (Å²) >= 11 is 4.18. The van der Waals surface area contributed by atoms with Gasteiger partial charge in [-0.15, -0.1) is 11.8 Å². The Bertz CT molecular complexity index is 1060. The number of aromatic nitrogens is 2. The number of nitrogens with one attached hydrogen (secondary N) is 2. The highest BCUT2D eigenvalue weighted by atomic mass is 32.2. The number of hydrogen-bond acceptors (Lipinski definition) is 7. The minimum Gasteiger partial charge on any atom is -0.326 e. The van der Waals surface area contributed by atoms with Gasteiger partial charge in [-0.25, -0.2) is 0 Å². The van der Waals surface area contributed by atoms with E-state index >= 15 is 0 Å². The third-order valence-electron chi connectivity index (χ3n) is 4.33. The topological polar surface area (TPSA) is 84.0 Å². The molecule has 174 valence electrons. The van der Waals surface area contributed by atoms with Gasteiger partial charge in [0.1, 0.15) is 5.25 Å². The predicted molar refractivity (Wildman–Crippen MR) is 139 cm³/mol. The Morgan fingerprint density at radius 3 is 2.36 bits per heavy atom. The van der Waals surface area contributed by atoms with Gasteiger partial charge in [0.05, 0.1) is 0 Å². The fourth-order valence-electron chi connectivity index (χ4n) is 2.96. The minimum atomic E-state index is -0.460. The standard InChI is InChI=1S/C24H28N4O2S3/c1-5-31-23-27-22(33-28-23)26-21(30)20(16-9-7-6-8-10-16)32-18-13-11-17(12-14-18)25-19(29)15-24(2,3)4/h6-14,20H,5,15H2,1-4H3,(H,25,29)(H,26,27,28,30). The van der Waals surface area contributed by atoms with Crippen molar-refractivity contribution in [2.45, 2.75) is 49.4 Å². The average molecular weight is 501 g/mol. The van der Waals surface area contributed by atoms with Crippen LogP contribution in [0.2, 0.25) is 0 Å². The normalized spacial score (nSPS) is 12.2. The van der Waals surface area contributed by atoms with Crippen molar-refractivity contribution in [2.75, 3.05) is 16.4 Å². The van der Waals surface area contributed by atoms with Crippen LogP contribution in [0.4, 0.5) is 10.8 Å². The first-order valence-corrected chi connectivity index (χ1v) is 13.3. The molecule has 3 aromatic rings. The average Bonchev–Trinajstić information content (AvgIpc) is 3.19. The smallest absolute Gasteiger partial charge is 0.244 e. The van der Waals surface area contributed by atoms with Gasteiger partial charge in [-0.1, -0.05) is 69.8 Å². The Labute approximate surface area is 207 Å². The van der Waals surface area contributed by atoms with Gasteiger partial charge in [0, 0.05) is 28.5 Å². The number of thioether (sulfide) groups is 2. The van der Waals surface area contributed by atoms with E-state index in [1.165, 1.54) is 23.3 Å². The molecule has 0 aliphatic heterocycles. The van der Waals surface area contributed by atoms with E-state index in [2.05, 4.69) is 20.0 Å².